The zero-order chi connectivity index (χ0) is 26.5. The Kier molecular flexibility index (Phi) is 8.02. The van der Waals surface area contributed by atoms with Gasteiger partial charge in [-0.1, -0.05) is 29.8 Å². The first-order valence-electron chi connectivity index (χ1n) is 10.7. The number of aromatic nitrogens is 3. The Labute approximate surface area is 208 Å². The van der Waals surface area contributed by atoms with E-state index >= 15 is 0 Å². The van der Waals surface area contributed by atoms with Crippen LogP contribution >= 0.6 is 0 Å². The molecule has 0 saturated carbocycles. The van der Waals surface area contributed by atoms with Crippen molar-refractivity contribution in [2.24, 2.45) is 10.2 Å². The molecule has 11 nitrogen and oxygen atoms in total. The van der Waals surface area contributed by atoms with E-state index in [-0.39, 0.29) is 22.1 Å². The molecule has 0 radical (unpaired) electrons. The van der Waals surface area contributed by atoms with E-state index in [1.807, 2.05) is 18.5 Å². The molecule has 0 spiro atoms. The number of nitrogen functional groups attached to an aromatic ring is 1. The maximum absolute atomic E-state index is 10.8. The minimum absolute atomic E-state index is 0.0982. The van der Waals surface area contributed by atoms with Gasteiger partial charge in [-0.15, -0.1) is 14.5 Å². The van der Waals surface area contributed by atoms with Gasteiger partial charge in [0.2, 0.25) is 0 Å². The van der Waals surface area contributed by atoms with Crippen LogP contribution in [0.2, 0.25) is 0 Å². The molecule has 0 bridgehead atoms. The van der Waals surface area contributed by atoms with Crippen molar-refractivity contribution in [3.63, 3.8) is 0 Å². The van der Waals surface area contributed by atoms with Crippen LogP contribution in [-0.4, -0.2) is 33.0 Å². The summed E-state index contributed by atoms with van der Waals surface area (Å²) in [6.07, 6.45) is 0. The predicted octanol–water partition coefficient (Wildman–Crippen LogP) is 3.62. The fourth-order valence-corrected chi connectivity index (χ4v) is 3.54. The second kappa shape index (κ2) is 11.0. The predicted molar refractivity (Wildman–Crippen MR) is 133 cm³/mol. The van der Waals surface area contributed by atoms with Gasteiger partial charge >= 0.3 is 0 Å². The fraction of sp³-hybridized carbons (Fsp3) is 0.167. The van der Waals surface area contributed by atoms with Gasteiger partial charge in [-0.3, -0.25) is 10.4 Å². The average Bonchev–Trinajstić information content (AvgIpc) is 3.06. The van der Waals surface area contributed by atoms with Crippen LogP contribution in [-0.2, 0) is 16.7 Å². The SMILES string of the molecule is Cc1ccc(Cn2nc(C)[n+](N)c2C)cc1.O=S(=O)(O)c1ccc(N=Nc2ccc(O)cc2O)cc1. The quantitative estimate of drug-likeness (QED) is 0.137. The van der Waals surface area contributed by atoms with Gasteiger partial charge < -0.3 is 10.2 Å². The molecule has 0 unspecified atom stereocenters. The minimum atomic E-state index is -4.24. The van der Waals surface area contributed by atoms with E-state index < -0.39 is 10.1 Å². The molecule has 0 fully saturated rings. The Hall–Kier alpha value is -4.29. The molecular formula is C24H27N6O5S+. The van der Waals surface area contributed by atoms with E-state index in [2.05, 4.69) is 46.5 Å². The number of benzene rings is 3. The third-order valence-electron chi connectivity index (χ3n) is 5.16. The van der Waals surface area contributed by atoms with E-state index in [0.29, 0.717) is 5.69 Å². The number of nitrogens with zero attached hydrogens (tertiary/aromatic N) is 5. The summed E-state index contributed by atoms with van der Waals surface area (Å²) in [6, 6.07) is 17.4. The lowest BCUT2D eigenvalue weighted by Crippen LogP contribution is -2.48. The first-order chi connectivity index (χ1) is 16.9. The third kappa shape index (κ3) is 6.87. The van der Waals surface area contributed by atoms with Crippen LogP contribution in [0.5, 0.6) is 11.5 Å². The lowest BCUT2D eigenvalue weighted by atomic mass is 10.1. The monoisotopic (exact) mass is 511 g/mol. The highest BCUT2D eigenvalue weighted by Gasteiger charge is 2.17. The standard InChI is InChI=1S/C12H17N4.C12H10N2O5S/c1-9-4-6-12(7-5-9)8-15-11(3)16(13)10(2)14-15;15-9-3-6-11(12(16)7-9)14-13-8-1-4-10(5-2-8)20(17,18)19/h4-7H,8,13H2,1-3H3;1-7,15-16H,(H,17,18,19)/q+1;. The zero-order valence-electron chi connectivity index (χ0n) is 19.9. The molecule has 0 aliphatic rings. The van der Waals surface area contributed by atoms with Gasteiger partial charge in [0.15, 0.2) is 0 Å². The highest BCUT2D eigenvalue weighted by Crippen LogP contribution is 2.31. The van der Waals surface area contributed by atoms with Crippen molar-refractivity contribution in [1.82, 2.24) is 9.78 Å². The number of hydrogen-bond acceptors (Lipinski definition) is 8. The Morgan fingerprint density at radius 3 is 2.11 bits per heavy atom. The number of rotatable bonds is 5. The van der Waals surface area contributed by atoms with Crippen molar-refractivity contribution < 1.29 is 27.9 Å². The van der Waals surface area contributed by atoms with Gasteiger partial charge in [-0.25, -0.2) is 0 Å². The topological polar surface area (TPSA) is 167 Å². The van der Waals surface area contributed by atoms with Crippen molar-refractivity contribution in [3.8, 4) is 11.5 Å². The lowest BCUT2D eigenvalue weighted by molar-refractivity contribution is -0.652. The van der Waals surface area contributed by atoms with Gasteiger partial charge in [0.25, 0.3) is 21.8 Å². The van der Waals surface area contributed by atoms with Crippen LogP contribution in [0.1, 0.15) is 22.8 Å². The van der Waals surface area contributed by atoms with Crippen molar-refractivity contribution in [2.75, 3.05) is 5.84 Å². The molecule has 4 rings (SSSR count). The number of phenolic OH excluding ortho intramolecular Hbond substituents is 2. The molecule has 1 aromatic heterocycles. The van der Waals surface area contributed by atoms with Gasteiger partial charge in [0.05, 0.1) is 10.6 Å². The summed E-state index contributed by atoms with van der Waals surface area (Å²) in [7, 11) is -4.24. The molecule has 5 N–H and O–H groups in total. The highest BCUT2D eigenvalue weighted by molar-refractivity contribution is 7.85. The normalized spacial score (nSPS) is 11.3. The highest BCUT2D eigenvalue weighted by atomic mass is 32.2. The molecule has 0 atom stereocenters. The second-order valence-corrected chi connectivity index (χ2v) is 9.37. The second-order valence-electron chi connectivity index (χ2n) is 7.95. The molecule has 0 saturated heterocycles. The molecule has 36 heavy (non-hydrogen) atoms. The largest absolute Gasteiger partial charge is 0.508 e. The summed E-state index contributed by atoms with van der Waals surface area (Å²) in [5, 5.41) is 30.6. The molecule has 0 amide bonds. The molecule has 12 heteroatoms. The summed E-state index contributed by atoms with van der Waals surface area (Å²) in [5.74, 6) is 7.26. The fourth-order valence-electron chi connectivity index (χ4n) is 3.06. The van der Waals surface area contributed by atoms with Crippen molar-refractivity contribution in [3.05, 3.63) is 89.5 Å². The number of phenols is 2. The van der Waals surface area contributed by atoms with E-state index in [4.69, 9.17) is 15.5 Å². The lowest BCUT2D eigenvalue weighted by Gasteiger charge is -1.99. The summed E-state index contributed by atoms with van der Waals surface area (Å²) < 4.78 is 34.0. The Balaban J connectivity index is 0.000000205. The maximum atomic E-state index is 10.8. The molecule has 0 aliphatic heterocycles. The van der Waals surface area contributed by atoms with E-state index in [1.165, 1.54) is 47.5 Å². The summed E-state index contributed by atoms with van der Waals surface area (Å²) in [4.78, 5) is -0.246. The first kappa shape index (κ1) is 26.3. The van der Waals surface area contributed by atoms with Gasteiger partial charge in [-0.2, -0.15) is 13.5 Å². The van der Waals surface area contributed by atoms with E-state index in [9.17, 15) is 13.5 Å². The average molecular weight is 512 g/mol. The zero-order valence-corrected chi connectivity index (χ0v) is 20.8. The number of nitrogens with two attached hydrogens (primary N) is 1. The molecule has 188 valence electrons. The van der Waals surface area contributed by atoms with E-state index in [0.717, 1.165) is 24.3 Å². The van der Waals surface area contributed by atoms with Gasteiger partial charge in [-0.05, 0) is 48.9 Å². The molecule has 1 heterocycles. The first-order valence-corrected chi connectivity index (χ1v) is 12.2. The summed E-state index contributed by atoms with van der Waals surface area (Å²) in [5.41, 5.74) is 2.99. The van der Waals surface area contributed by atoms with Crippen LogP contribution < -0.4 is 10.5 Å². The number of hydrogen-bond donors (Lipinski definition) is 4. The minimum Gasteiger partial charge on any atom is -0.508 e. The number of aromatic hydroxyl groups is 2. The maximum Gasteiger partial charge on any atom is 0.295 e. The molecule has 3 aromatic carbocycles. The van der Waals surface area contributed by atoms with Crippen LogP contribution in [0.15, 0.2) is 81.9 Å². The van der Waals surface area contributed by atoms with Gasteiger partial charge in [0, 0.05) is 25.0 Å². The van der Waals surface area contributed by atoms with Crippen LogP contribution in [0.25, 0.3) is 0 Å². The van der Waals surface area contributed by atoms with Crippen molar-refractivity contribution in [1.29, 1.82) is 0 Å². The summed E-state index contributed by atoms with van der Waals surface area (Å²) >= 11 is 0. The summed E-state index contributed by atoms with van der Waals surface area (Å²) in [6.45, 7) is 6.71. The molecular weight excluding hydrogens is 484 g/mol. The Morgan fingerprint density at radius 1 is 0.944 bits per heavy atom. The number of aryl methyl sites for hydroxylation is 2. The van der Waals surface area contributed by atoms with Crippen molar-refractivity contribution >= 4 is 21.5 Å². The third-order valence-corrected chi connectivity index (χ3v) is 6.02. The number of azo groups is 1. The van der Waals surface area contributed by atoms with Crippen molar-refractivity contribution in [2.45, 2.75) is 32.2 Å². The smallest absolute Gasteiger partial charge is 0.295 e. The van der Waals surface area contributed by atoms with E-state index in [1.54, 1.807) is 4.68 Å². The Morgan fingerprint density at radius 2 is 1.58 bits per heavy atom. The van der Waals surface area contributed by atoms with Gasteiger partial charge in [0.1, 0.15) is 23.7 Å². The molecule has 0 aliphatic carbocycles. The van der Waals surface area contributed by atoms with Crippen LogP contribution in [0.4, 0.5) is 11.4 Å². The van der Waals surface area contributed by atoms with Crippen LogP contribution in [0.3, 0.4) is 0 Å². The Bertz CT molecular complexity index is 1480. The molecule has 4 aromatic rings. The van der Waals surface area contributed by atoms with Crippen LogP contribution in [0, 0.1) is 20.8 Å².